The lowest BCUT2D eigenvalue weighted by molar-refractivity contribution is 0.203. The minimum absolute atomic E-state index is 0.130. The average Bonchev–Trinajstić information content (AvgIpc) is 3.32. The van der Waals surface area contributed by atoms with Crippen LogP contribution in [0.15, 0.2) is 34.7 Å². The first kappa shape index (κ1) is 23.3. The van der Waals surface area contributed by atoms with Crippen LogP contribution in [0.4, 0.5) is 17.2 Å². The third-order valence-electron chi connectivity index (χ3n) is 5.55. The fourth-order valence-electron chi connectivity index (χ4n) is 3.76. The number of nitrogens with zero attached hydrogens (tertiary/aromatic N) is 5. The zero-order chi connectivity index (χ0) is 23.4. The van der Waals surface area contributed by atoms with Gasteiger partial charge < -0.3 is 15.7 Å². The number of hydrogen-bond acceptors (Lipinski definition) is 8. The molecule has 168 valence electrons. The van der Waals surface area contributed by atoms with Crippen LogP contribution in [0, 0.1) is 23.8 Å². The number of aromatic nitrogens is 2. The number of pyridine rings is 1. The van der Waals surface area contributed by atoms with Crippen LogP contribution in [-0.2, 0) is 5.75 Å². The van der Waals surface area contributed by atoms with Gasteiger partial charge >= 0.3 is 0 Å². The van der Waals surface area contributed by atoms with Crippen molar-refractivity contribution in [3.05, 3.63) is 57.3 Å². The SMILES string of the molecule is [C-]#[N+]c1c(N)nc(SCc2csc(-c3ccc(Cl)cc3)n2)c(C#N)c1N1CCC(CO)CC1. The van der Waals surface area contributed by atoms with Gasteiger partial charge in [-0.05, 0) is 30.9 Å². The van der Waals surface area contributed by atoms with Crippen molar-refractivity contribution in [1.82, 2.24) is 9.97 Å². The maximum atomic E-state index is 9.97. The van der Waals surface area contributed by atoms with Crippen LogP contribution in [0.25, 0.3) is 15.4 Å². The molecule has 10 heteroatoms. The fraction of sp³-hybridized carbons (Fsp3) is 0.304. The number of aliphatic hydroxyl groups excluding tert-OH is 1. The van der Waals surface area contributed by atoms with Crippen molar-refractivity contribution in [3.8, 4) is 16.6 Å². The molecule has 0 bridgehead atoms. The van der Waals surface area contributed by atoms with Crippen LogP contribution in [0.5, 0.6) is 0 Å². The Labute approximate surface area is 205 Å². The third kappa shape index (κ3) is 5.07. The van der Waals surface area contributed by atoms with Crippen LogP contribution >= 0.6 is 34.7 Å². The van der Waals surface area contributed by atoms with Crippen LogP contribution in [-0.4, -0.2) is 34.8 Å². The van der Waals surface area contributed by atoms with Gasteiger partial charge in [-0.2, -0.15) is 5.26 Å². The van der Waals surface area contributed by atoms with E-state index in [1.807, 2.05) is 34.5 Å². The molecule has 1 fully saturated rings. The maximum Gasteiger partial charge on any atom is 0.251 e. The van der Waals surface area contributed by atoms with Crippen LogP contribution < -0.4 is 10.6 Å². The molecule has 0 atom stereocenters. The van der Waals surface area contributed by atoms with Crippen molar-refractivity contribution in [2.24, 2.45) is 5.92 Å². The molecule has 33 heavy (non-hydrogen) atoms. The number of rotatable bonds is 6. The van der Waals surface area contributed by atoms with Gasteiger partial charge in [0, 0.05) is 41.4 Å². The summed E-state index contributed by atoms with van der Waals surface area (Å²) >= 11 is 8.91. The molecule has 0 spiro atoms. The molecule has 0 radical (unpaired) electrons. The molecule has 3 aromatic rings. The Balaban J connectivity index is 1.58. The summed E-state index contributed by atoms with van der Waals surface area (Å²) in [7, 11) is 0. The van der Waals surface area contributed by atoms with Crippen LogP contribution in [0.1, 0.15) is 24.1 Å². The second kappa shape index (κ2) is 10.4. The molecule has 3 heterocycles. The first-order valence-electron chi connectivity index (χ1n) is 10.3. The van der Waals surface area contributed by atoms with Crippen molar-refractivity contribution in [3.63, 3.8) is 0 Å². The molecule has 0 aliphatic carbocycles. The Kier molecular flexibility index (Phi) is 7.36. The number of piperidine rings is 1. The maximum absolute atomic E-state index is 9.97. The molecule has 2 aromatic heterocycles. The summed E-state index contributed by atoms with van der Waals surface area (Å²) in [6.45, 7) is 9.07. The van der Waals surface area contributed by atoms with Gasteiger partial charge in [-0.15, -0.1) is 11.3 Å². The van der Waals surface area contributed by atoms with E-state index >= 15 is 0 Å². The van der Waals surface area contributed by atoms with Crippen LogP contribution in [0.2, 0.25) is 5.02 Å². The summed E-state index contributed by atoms with van der Waals surface area (Å²) in [5.41, 5.74) is 9.15. The van der Waals surface area contributed by atoms with E-state index in [0.29, 0.717) is 40.1 Å². The number of anilines is 2. The quantitative estimate of drug-likeness (QED) is 0.349. The number of thioether (sulfide) groups is 1. The van der Waals surface area contributed by atoms with Crippen molar-refractivity contribution in [2.75, 3.05) is 30.3 Å². The Morgan fingerprint density at radius 1 is 1.30 bits per heavy atom. The minimum atomic E-state index is 0.130. The highest BCUT2D eigenvalue weighted by Crippen LogP contribution is 2.42. The van der Waals surface area contributed by atoms with Gasteiger partial charge in [0.05, 0.1) is 23.5 Å². The lowest BCUT2D eigenvalue weighted by Gasteiger charge is -2.34. The second-order valence-corrected chi connectivity index (χ2v) is 9.91. The van der Waals surface area contributed by atoms with Crippen molar-refractivity contribution in [1.29, 1.82) is 5.26 Å². The van der Waals surface area contributed by atoms with E-state index in [0.717, 1.165) is 29.1 Å². The van der Waals surface area contributed by atoms with E-state index in [1.165, 1.54) is 11.8 Å². The van der Waals surface area contributed by atoms with Gasteiger partial charge in [0.25, 0.3) is 5.69 Å². The molecule has 4 rings (SSSR count). The van der Waals surface area contributed by atoms with E-state index in [1.54, 1.807) is 11.3 Å². The van der Waals surface area contributed by atoms with Gasteiger partial charge in [-0.25, -0.2) is 14.8 Å². The Bertz CT molecular complexity index is 1220. The summed E-state index contributed by atoms with van der Waals surface area (Å²) in [6, 6.07) is 9.80. The Hall–Kier alpha value is -2.82. The van der Waals surface area contributed by atoms with E-state index in [2.05, 4.69) is 15.9 Å². The predicted octanol–water partition coefficient (Wildman–Crippen LogP) is 5.36. The number of benzene rings is 1. The largest absolute Gasteiger partial charge is 0.396 e. The molecular formula is C23H21ClN6OS2. The molecule has 1 aliphatic rings. The van der Waals surface area contributed by atoms with Crippen molar-refractivity contribution < 1.29 is 5.11 Å². The summed E-state index contributed by atoms with van der Waals surface area (Å²) in [5.74, 6) is 0.899. The standard InChI is InChI=1S/C23H21ClN6OS2/c1-27-19-20(30-8-6-14(11-31)7-9-30)18(10-25)23(29-21(19)26)33-13-17-12-32-22(28-17)15-2-4-16(24)5-3-15/h2-5,12,14,31H,6-9,11,13H2,(H2,26,29). The number of hydrogen-bond donors (Lipinski definition) is 2. The third-order valence-corrected chi connectivity index (χ3v) is 7.75. The minimum Gasteiger partial charge on any atom is -0.396 e. The summed E-state index contributed by atoms with van der Waals surface area (Å²) in [6.07, 6.45) is 1.60. The van der Waals surface area contributed by atoms with Crippen LogP contribution in [0.3, 0.4) is 0 Å². The summed E-state index contributed by atoms with van der Waals surface area (Å²) in [5, 5.41) is 23.5. The lowest BCUT2D eigenvalue weighted by atomic mass is 9.97. The van der Waals surface area contributed by atoms with Gasteiger partial charge in [0.1, 0.15) is 21.9 Å². The Morgan fingerprint density at radius 2 is 2.03 bits per heavy atom. The molecule has 3 N–H and O–H groups in total. The molecule has 1 aromatic carbocycles. The van der Waals surface area contributed by atoms with Gasteiger partial charge in [0.2, 0.25) is 0 Å². The Morgan fingerprint density at radius 3 is 2.67 bits per heavy atom. The number of thiazole rings is 1. The molecule has 7 nitrogen and oxygen atoms in total. The normalized spacial score (nSPS) is 14.1. The number of nitrogens with two attached hydrogens (primary N) is 1. The highest BCUT2D eigenvalue weighted by Gasteiger charge is 2.27. The summed E-state index contributed by atoms with van der Waals surface area (Å²) < 4.78 is 0. The molecule has 0 amide bonds. The highest BCUT2D eigenvalue weighted by atomic mass is 35.5. The van der Waals surface area contributed by atoms with Crippen molar-refractivity contribution in [2.45, 2.75) is 23.6 Å². The average molecular weight is 497 g/mol. The number of nitrogen functional groups attached to an aromatic ring is 1. The fourth-order valence-corrected chi connectivity index (χ4v) is 5.70. The first-order valence-corrected chi connectivity index (χ1v) is 12.6. The second-order valence-electron chi connectivity index (χ2n) is 7.65. The smallest absolute Gasteiger partial charge is 0.251 e. The van der Waals surface area contributed by atoms with E-state index < -0.39 is 0 Å². The monoisotopic (exact) mass is 496 g/mol. The molecule has 1 aliphatic heterocycles. The number of halogens is 1. The lowest BCUT2D eigenvalue weighted by Crippen LogP contribution is -2.35. The van der Waals surface area contributed by atoms with E-state index in [-0.39, 0.29) is 24.0 Å². The highest BCUT2D eigenvalue weighted by molar-refractivity contribution is 7.98. The van der Waals surface area contributed by atoms with E-state index in [9.17, 15) is 10.4 Å². The molecular weight excluding hydrogens is 476 g/mol. The van der Waals surface area contributed by atoms with Crippen molar-refractivity contribution >= 4 is 51.9 Å². The van der Waals surface area contributed by atoms with E-state index in [4.69, 9.17) is 28.9 Å². The van der Waals surface area contributed by atoms with Gasteiger partial charge in [0.15, 0.2) is 0 Å². The van der Waals surface area contributed by atoms with Gasteiger partial charge in [-0.3, -0.25) is 0 Å². The molecule has 0 unspecified atom stereocenters. The predicted molar refractivity (Wildman–Crippen MR) is 134 cm³/mol. The topological polar surface area (TPSA) is 103 Å². The molecule has 1 saturated heterocycles. The number of aliphatic hydroxyl groups is 1. The zero-order valence-electron chi connectivity index (χ0n) is 17.7. The summed E-state index contributed by atoms with van der Waals surface area (Å²) in [4.78, 5) is 14.7. The zero-order valence-corrected chi connectivity index (χ0v) is 20.1. The van der Waals surface area contributed by atoms with Gasteiger partial charge in [-0.1, -0.05) is 35.5 Å². The number of nitriles is 1. The first-order chi connectivity index (χ1) is 16.0. The molecule has 0 saturated carbocycles.